The minimum absolute atomic E-state index is 0.0671. The van der Waals surface area contributed by atoms with E-state index < -0.39 is 17.7 Å². The third-order valence-electron chi connectivity index (χ3n) is 4.34. The number of esters is 1. The average molecular weight is 525 g/mol. The fraction of sp³-hybridized carbons (Fsp3) is 0.400. The van der Waals surface area contributed by atoms with Gasteiger partial charge in [0.05, 0.1) is 23.8 Å². The summed E-state index contributed by atoms with van der Waals surface area (Å²) in [7, 11) is 1.27. The topological polar surface area (TPSA) is 95.5 Å². The summed E-state index contributed by atoms with van der Waals surface area (Å²) in [4.78, 5) is 29.2. The molecule has 2 rings (SSSR count). The van der Waals surface area contributed by atoms with Gasteiger partial charge in [0.2, 0.25) is 0 Å². The molecule has 0 aliphatic carbocycles. The number of amides is 1. The monoisotopic (exact) mass is 524 g/mol. The number of nitrogens with zero attached hydrogens (tertiary/aromatic N) is 1. The van der Waals surface area contributed by atoms with Crippen LogP contribution in [0.25, 0.3) is 0 Å². The molecule has 0 radical (unpaired) electrons. The number of carbonyl (C=O) groups is 2. The van der Waals surface area contributed by atoms with E-state index in [4.69, 9.17) is 42.3 Å². The maximum Gasteiger partial charge on any atom is 0.407 e. The van der Waals surface area contributed by atoms with E-state index in [-0.39, 0.29) is 35.4 Å². The number of hydrogen-bond acceptors (Lipinski definition) is 7. The first-order chi connectivity index (χ1) is 16.6. The summed E-state index contributed by atoms with van der Waals surface area (Å²) in [6.07, 6.45) is 0.126. The Morgan fingerprint density at radius 1 is 1.03 bits per heavy atom. The molecule has 0 aliphatic rings. The molecule has 0 saturated carbocycles. The number of ether oxygens (including phenoxy) is 3. The molecule has 0 atom stereocenters. The lowest BCUT2D eigenvalue weighted by atomic mass is 10.1. The lowest BCUT2D eigenvalue weighted by Gasteiger charge is -2.19. The molecule has 0 aliphatic heterocycles. The Balaban J connectivity index is 1.93. The summed E-state index contributed by atoms with van der Waals surface area (Å²) in [6, 6.07) is 12.7. The zero-order valence-corrected chi connectivity index (χ0v) is 21.7. The van der Waals surface area contributed by atoms with E-state index in [1.807, 2.05) is 30.3 Å². The highest BCUT2D eigenvalue weighted by Crippen LogP contribution is 2.34. The first-order valence-electron chi connectivity index (χ1n) is 11.0. The lowest BCUT2D eigenvalue weighted by Crippen LogP contribution is -2.33. The van der Waals surface area contributed by atoms with Crippen LogP contribution in [0.3, 0.4) is 0 Å². The molecule has 0 aromatic heterocycles. The van der Waals surface area contributed by atoms with Crippen molar-refractivity contribution in [2.45, 2.75) is 45.8 Å². The number of halogens is 2. The highest BCUT2D eigenvalue weighted by atomic mass is 35.5. The Hall–Kier alpha value is -2.97. The zero-order chi connectivity index (χ0) is 25.8. The Bertz CT molecular complexity index is 999. The van der Waals surface area contributed by atoms with Gasteiger partial charge in [-0.1, -0.05) is 58.7 Å². The van der Waals surface area contributed by atoms with Crippen LogP contribution in [0.4, 0.5) is 4.79 Å². The highest BCUT2D eigenvalue weighted by molar-refractivity contribution is 6.38. The van der Waals surface area contributed by atoms with Gasteiger partial charge >= 0.3 is 12.1 Å². The molecule has 35 heavy (non-hydrogen) atoms. The zero-order valence-electron chi connectivity index (χ0n) is 20.2. The van der Waals surface area contributed by atoms with Crippen molar-refractivity contribution in [2.75, 3.05) is 20.3 Å². The number of oxime groups is 1. The predicted molar refractivity (Wildman–Crippen MR) is 135 cm³/mol. The van der Waals surface area contributed by atoms with E-state index in [1.54, 1.807) is 32.9 Å². The molecule has 2 aromatic rings. The van der Waals surface area contributed by atoms with Crippen LogP contribution in [0.15, 0.2) is 47.6 Å². The molecule has 0 heterocycles. The van der Waals surface area contributed by atoms with Gasteiger partial charge in [-0.15, -0.1) is 0 Å². The number of hydrogen-bond donors (Lipinski definition) is 1. The van der Waals surface area contributed by atoms with E-state index >= 15 is 0 Å². The van der Waals surface area contributed by atoms with Gasteiger partial charge in [0, 0.05) is 13.0 Å². The second-order valence-corrected chi connectivity index (χ2v) is 9.30. The molecule has 190 valence electrons. The Kier molecular flexibility index (Phi) is 11.1. The minimum atomic E-state index is -0.622. The number of nitrogens with one attached hydrogen (secondary N) is 1. The van der Waals surface area contributed by atoms with Crippen molar-refractivity contribution in [2.24, 2.45) is 5.16 Å². The smallest absolute Gasteiger partial charge is 0.407 e. The van der Waals surface area contributed by atoms with Gasteiger partial charge in [0.15, 0.2) is 11.5 Å². The molecule has 0 fully saturated rings. The molecule has 0 unspecified atom stereocenters. The summed E-state index contributed by atoms with van der Waals surface area (Å²) in [6.45, 7) is 6.22. The Labute approximate surface area is 215 Å². The van der Waals surface area contributed by atoms with Gasteiger partial charge in [-0.25, -0.2) is 9.59 Å². The largest absolute Gasteiger partial charge is 0.490 e. The maximum atomic E-state index is 12.2. The van der Waals surface area contributed by atoms with Crippen molar-refractivity contribution >= 4 is 41.0 Å². The van der Waals surface area contributed by atoms with Gasteiger partial charge in [-0.05, 0) is 50.5 Å². The van der Waals surface area contributed by atoms with Crippen molar-refractivity contribution in [3.05, 3.63) is 63.6 Å². The van der Waals surface area contributed by atoms with Crippen LogP contribution >= 0.6 is 23.2 Å². The molecule has 1 amide bonds. The molecule has 10 heteroatoms. The summed E-state index contributed by atoms with van der Waals surface area (Å²) in [5, 5.41) is 7.17. The molecule has 2 aromatic carbocycles. The van der Waals surface area contributed by atoms with Crippen LogP contribution in [0, 0.1) is 0 Å². The SMILES string of the molecule is COC(=O)/C(Cc1cc(Cl)c(OCCCNC(=O)OC(C)(C)C)c(Cl)c1)=N\OCc1ccccc1. The Morgan fingerprint density at radius 2 is 1.69 bits per heavy atom. The number of rotatable bonds is 11. The number of carbonyl (C=O) groups excluding carboxylic acids is 2. The van der Waals surface area contributed by atoms with Gasteiger partial charge in [0.25, 0.3) is 0 Å². The molecule has 0 spiro atoms. The number of alkyl carbamates (subject to hydrolysis) is 1. The lowest BCUT2D eigenvalue weighted by molar-refractivity contribution is -0.133. The van der Waals surface area contributed by atoms with E-state index in [2.05, 4.69) is 10.5 Å². The average Bonchev–Trinajstić information content (AvgIpc) is 2.78. The standard InChI is InChI=1S/C25H30Cl2N2O6/c1-25(2,3)35-24(31)28-11-8-12-33-22-19(26)13-18(14-20(22)27)15-21(23(30)32-4)29-34-16-17-9-6-5-7-10-17/h5-7,9-10,13-14H,8,11-12,15-16H2,1-4H3,(H,28,31)/b29-21-. The van der Waals surface area contributed by atoms with Crippen molar-refractivity contribution < 1.29 is 28.6 Å². The normalized spacial score (nSPS) is 11.5. The van der Waals surface area contributed by atoms with Crippen LogP contribution in [-0.2, 0) is 32.1 Å². The van der Waals surface area contributed by atoms with Crippen LogP contribution in [0.2, 0.25) is 10.0 Å². The summed E-state index contributed by atoms with van der Waals surface area (Å²) in [5.41, 5.74) is 1.05. The molecular weight excluding hydrogens is 495 g/mol. The third-order valence-corrected chi connectivity index (χ3v) is 4.90. The van der Waals surface area contributed by atoms with E-state index in [0.29, 0.717) is 24.3 Å². The van der Waals surface area contributed by atoms with E-state index in [9.17, 15) is 9.59 Å². The molecule has 0 bridgehead atoms. The fourth-order valence-electron chi connectivity index (χ4n) is 2.82. The van der Waals surface area contributed by atoms with Crippen LogP contribution in [0.1, 0.15) is 38.3 Å². The first-order valence-corrected chi connectivity index (χ1v) is 11.7. The quantitative estimate of drug-likeness (QED) is 0.178. The molecular formula is C25H30Cl2N2O6. The second kappa shape index (κ2) is 13.8. The van der Waals surface area contributed by atoms with E-state index in [0.717, 1.165) is 5.56 Å². The summed E-state index contributed by atoms with van der Waals surface area (Å²) >= 11 is 12.7. The second-order valence-electron chi connectivity index (χ2n) is 8.48. The molecule has 0 saturated heterocycles. The van der Waals surface area contributed by atoms with Crippen molar-refractivity contribution in [1.82, 2.24) is 5.32 Å². The molecule has 1 N–H and O–H groups in total. The Morgan fingerprint density at radius 3 is 2.29 bits per heavy atom. The molecule has 8 nitrogen and oxygen atoms in total. The third kappa shape index (κ3) is 10.4. The van der Waals surface area contributed by atoms with Gasteiger partial charge in [-0.3, -0.25) is 0 Å². The van der Waals surface area contributed by atoms with Crippen molar-refractivity contribution in [3.63, 3.8) is 0 Å². The summed E-state index contributed by atoms with van der Waals surface area (Å²) in [5.74, 6) is -0.311. The number of benzene rings is 2. The van der Waals surface area contributed by atoms with Gasteiger partial charge < -0.3 is 24.4 Å². The minimum Gasteiger partial charge on any atom is -0.490 e. The summed E-state index contributed by atoms with van der Waals surface area (Å²) < 4.78 is 15.7. The van der Waals surface area contributed by atoms with Crippen LogP contribution in [0.5, 0.6) is 5.75 Å². The maximum absolute atomic E-state index is 12.2. The van der Waals surface area contributed by atoms with Crippen molar-refractivity contribution in [1.29, 1.82) is 0 Å². The highest BCUT2D eigenvalue weighted by Gasteiger charge is 2.18. The van der Waals surface area contributed by atoms with Gasteiger partial charge in [-0.2, -0.15) is 0 Å². The van der Waals surface area contributed by atoms with Gasteiger partial charge in [0.1, 0.15) is 12.2 Å². The van der Waals surface area contributed by atoms with Crippen LogP contribution in [-0.4, -0.2) is 43.6 Å². The predicted octanol–water partition coefficient (Wildman–Crippen LogP) is 5.58. The van der Waals surface area contributed by atoms with Crippen LogP contribution < -0.4 is 10.1 Å². The van der Waals surface area contributed by atoms with E-state index in [1.165, 1.54) is 7.11 Å². The fourth-order valence-corrected chi connectivity index (χ4v) is 3.46. The first kappa shape index (κ1) is 28.3. The number of methoxy groups -OCH3 is 1. The van der Waals surface area contributed by atoms with Crippen molar-refractivity contribution in [3.8, 4) is 5.75 Å².